The number of carbonyl (C=O) groups is 1. The first-order chi connectivity index (χ1) is 10.1. The smallest absolute Gasteiger partial charge is 0.652 e. The Kier molecular flexibility index (Phi) is 6.70. The first kappa shape index (κ1) is 18.2. The zero-order chi connectivity index (χ0) is 14.8. The number of hydrogen-bond donors (Lipinski definition) is 0. The van der Waals surface area contributed by atoms with E-state index >= 15 is 0 Å². The maximum absolute atomic E-state index is 8.33. The Morgan fingerprint density at radius 3 is 1.64 bits per heavy atom. The van der Waals surface area contributed by atoms with Gasteiger partial charge in [0.15, 0.2) is 0 Å². The Labute approximate surface area is 146 Å². The molecule has 22 heavy (non-hydrogen) atoms. The summed E-state index contributed by atoms with van der Waals surface area (Å²) in [5, 5.41) is 16.7. The van der Waals surface area contributed by atoms with Gasteiger partial charge < -0.3 is 15.0 Å². The molecule has 4 atom stereocenters. The molecule has 6 heteroatoms. The van der Waals surface area contributed by atoms with Crippen molar-refractivity contribution in [3.63, 3.8) is 0 Å². The van der Waals surface area contributed by atoms with Gasteiger partial charge >= 0.3 is 20.4 Å². The second-order valence-electron chi connectivity index (χ2n) is 7.12. The normalized spacial score (nSPS) is 37.6. The fourth-order valence-corrected chi connectivity index (χ4v) is 5.25. The fourth-order valence-electron chi connectivity index (χ4n) is 5.25. The summed E-state index contributed by atoms with van der Waals surface area (Å²) < 4.78 is 0. The minimum absolute atomic E-state index is 0. The van der Waals surface area contributed by atoms with Crippen LogP contribution >= 0.6 is 0 Å². The van der Waals surface area contributed by atoms with Gasteiger partial charge in [0.05, 0.1) is 0 Å². The van der Waals surface area contributed by atoms with E-state index in [-0.39, 0.29) is 20.4 Å². The fraction of sp³-hybridized carbons (Fsp3) is 0.938. The zero-order valence-electron chi connectivity index (χ0n) is 13.0. The predicted molar refractivity (Wildman–Crippen MR) is 75.4 cm³/mol. The third-order valence-corrected chi connectivity index (χ3v) is 5.96. The van der Waals surface area contributed by atoms with Gasteiger partial charge in [0, 0.05) is 25.2 Å². The molecule has 4 fully saturated rings. The van der Waals surface area contributed by atoms with Crippen molar-refractivity contribution in [2.45, 2.75) is 57.0 Å². The maximum Gasteiger partial charge on any atom is 2.00 e. The van der Waals surface area contributed by atoms with Crippen LogP contribution in [-0.2, 0) is 20.4 Å². The van der Waals surface area contributed by atoms with E-state index in [4.69, 9.17) is 15.0 Å². The zero-order valence-corrected chi connectivity index (χ0v) is 14.6. The summed E-state index contributed by atoms with van der Waals surface area (Å²) >= 11 is 0. The number of carboxylic acid groups (broad SMARTS) is 2. The molecule has 5 nitrogen and oxygen atoms in total. The van der Waals surface area contributed by atoms with Gasteiger partial charge in [-0.2, -0.15) is 0 Å². The molecule has 0 N–H and O–H groups in total. The summed E-state index contributed by atoms with van der Waals surface area (Å²) in [6.45, 7) is 5.68. The molecule has 4 heterocycles. The predicted octanol–water partition coefficient (Wildman–Crippen LogP) is -0.104. The van der Waals surface area contributed by atoms with Crippen LogP contribution in [0.2, 0.25) is 0 Å². The topological polar surface area (TPSA) is 69.7 Å². The summed E-state index contributed by atoms with van der Waals surface area (Å²) in [6.07, 6.45) is 8.13. The number of nitrogens with zero attached hydrogens (tertiary/aromatic N) is 2. The molecule has 0 aliphatic carbocycles. The van der Waals surface area contributed by atoms with E-state index in [1.807, 2.05) is 0 Å². The average molecular weight is 401 g/mol. The first-order valence-corrected chi connectivity index (χ1v) is 8.51. The Balaban J connectivity index is 0.000000319. The molecular weight excluding hydrogens is 375 g/mol. The summed E-state index contributed by atoms with van der Waals surface area (Å²) in [5.74, 6) is 2.03. The van der Waals surface area contributed by atoms with E-state index in [2.05, 4.69) is 9.80 Å². The molecule has 0 aromatic heterocycles. The Bertz CT molecular complexity index is 350. The number of fused-ring (bicyclic) bond motifs is 6. The molecule has 0 saturated carbocycles. The number of piperidine rings is 4. The molecule has 128 valence electrons. The summed E-state index contributed by atoms with van der Waals surface area (Å²) in [7, 11) is 0. The van der Waals surface area contributed by atoms with Crippen LogP contribution < -0.4 is 10.2 Å². The molecule has 0 aromatic carbocycles. The van der Waals surface area contributed by atoms with Gasteiger partial charge in [-0.3, -0.25) is 9.80 Å². The number of rotatable bonds is 0. The van der Waals surface area contributed by atoms with Crippen molar-refractivity contribution >= 4 is 6.16 Å². The SMILES string of the molecule is C1CCN2C[C@@H]3C[C@@H](CN4CCCC[C@@H]34)[C@H]2C1.O=C([O-])[O-].[Pd+2]. The van der Waals surface area contributed by atoms with Crippen LogP contribution in [0.15, 0.2) is 0 Å². The van der Waals surface area contributed by atoms with E-state index in [0.717, 1.165) is 23.9 Å². The first-order valence-electron chi connectivity index (χ1n) is 8.51. The monoisotopic (exact) mass is 400 g/mol. The van der Waals surface area contributed by atoms with Crippen molar-refractivity contribution in [1.29, 1.82) is 0 Å². The van der Waals surface area contributed by atoms with Crippen molar-refractivity contribution < 1.29 is 35.4 Å². The third kappa shape index (κ3) is 4.03. The van der Waals surface area contributed by atoms with Gasteiger partial charge in [0.2, 0.25) is 0 Å². The maximum atomic E-state index is 8.33. The van der Waals surface area contributed by atoms with E-state index in [9.17, 15) is 0 Å². The standard InChI is InChI=1S/C15H26N2.CH2O3.Pd/c1-3-7-16-11-13-9-12(14(16)5-1)10-17-8-4-2-6-15(13)17;2-1(3)4;/h12-15H,1-11H2;(H2,2,3,4);/q;;+2/p-2/t12-,13-,14-,15+;;/m0../s1. The summed E-state index contributed by atoms with van der Waals surface area (Å²) in [6, 6.07) is 1.92. The van der Waals surface area contributed by atoms with Crippen LogP contribution in [0.5, 0.6) is 0 Å². The molecule has 0 spiro atoms. The average Bonchev–Trinajstić information content (AvgIpc) is 2.47. The molecule has 0 unspecified atom stereocenters. The van der Waals surface area contributed by atoms with Crippen LogP contribution in [0.3, 0.4) is 0 Å². The molecule has 2 bridgehead atoms. The van der Waals surface area contributed by atoms with Crippen molar-refractivity contribution in [2.75, 3.05) is 26.2 Å². The van der Waals surface area contributed by atoms with Crippen molar-refractivity contribution in [3.05, 3.63) is 0 Å². The van der Waals surface area contributed by atoms with E-state index in [0.29, 0.717) is 0 Å². The largest absolute Gasteiger partial charge is 2.00 e. The minimum atomic E-state index is -2.33. The van der Waals surface area contributed by atoms with Gasteiger partial charge in [-0.15, -0.1) is 0 Å². The van der Waals surface area contributed by atoms with Gasteiger partial charge in [-0.25, -0.2) is 0 Å². The van der Waals surface area contributed by atoms with Crippen LogP contribution in [-0.4, -0.2) is 54.2 Å². The van der Waals surface area contributed by atoms with E-state index in [1.54, 1.807) is 6.42 Å². The van der Waals surface area contributed by atoms with Gasteiger partial charge in [-0.1, -0.05) is 12.8 Å². The number of hydrogen-bond acceptors (Lipinski definition) is 5. The van der Waals surface area contributed by atoms with E-state index in [1.165, 1.54) is 64.7 Å². The Hall–Kier alpha value is -0.148. The van der Waals surface area contributed by atoms with Gasteiger partial charge in [0.1, 0.15) is 0 Å². The molecule has 0 amide bonds. The molecule has 0 aromatic rings. The second-order valence-corrected chi connectivity index (χ2v) is 7.12. The molecule has 4 saturated heterocycles. The Morgan fingerprint density at radius 1 is 0.818 bits per heavy atom. The minimum Gasteiger partial charge on any atom is -0.652 e. The van der Waals surface area contributed by atoms with Crippen molar-refractivity contribution in [1.82, 2.24) is 9.80 Å². The van der Waals surface area contributed by atoms with Crippen molar-refractivity contribution in [2.24, 2.45) is 11.8 Å². The molecule has 4 rings (SSSR count). The molecule has 4 aliphatic rings. The molecule has 4 aliphatic heterocycles. The molecule has 0 radical (unpaired) electrons. The van der Waals surface area contributed by atoms with Crippen LogP contribution in [0, 0.1) is 11.8 Å². The second kappa shape index (κ2) is 8.10. The quantitative estimate of drug-likeness (QED) is 0.531. The van der Waals surface area contributed by atoms with Gasteiger partial charge in [-0.05, 0) is 63.2 Å². The summed E-state index contributed by atoms with van der Waals surface area (Å²) in [4.78, 5) is 14.1. The van der Waals surface area contributed by atoms with Crippen molar-refractivity contribution in [3.8, 4) is 0 Å². The number of carbonyl (C=O) groups excluding carboxylic acids is 1. The molecular formula is C16H26N2O3Pd. The Morgan fingerprint density at radius 2 is 1.23 bits per heavy atom. The van der Waals surface area contributed by atoms with E-state index < -0.39 is 6.16 Å². The van der Waals surface area contributed by atoms with Crippen LogP contribution in [0.4, 0.5) is 4.79 Å². The van der Waals surface area contributed by atoms with Crippen LogP contribution in [0.25, 0.3) is 0 Å². The third-order valence-electron chi connectivity index (χ3n) is 5.96. The summed E-state index contributed by atoms with van der Waals surface area (Å²) in [5.41, 5.74) is 0. The van der Waals surface area contributed by atoms with Crippen LogP contribution in [0.1, 0.15) is 44.9 Å². The van der Waals surface area contributed by atoms with Gasteiger partial charge in [0.25, 0.3) is 0 Å².